The summed E-state index contributed by atoms with van der Waals surface area (Å²) in [4.78, 5) is 23.3. The number of nitrogens with one attached hydrogen (secondary N) is 1. The van der Waals surface area contributed by atoms with Crippen molar-refractivity contribution in [1.82, 2.24) is 5.32 Å². The molecule has 0 aliphatic heterocycles. The van der Waals surface area contributed by atoms with E-state index in [0.717, 1.165) is 96.3 Å². The number of nitrogens with zero attached hydrogens (tertiary/aromatic N) is 1. The predicted octanol–water partition coefficient (Wildman–Crippen LogP) is 17.4. The molecule has 0 rings (SSSR count). The smallest absolute Gasteiger partial charge is 0.387 e. The molecule has 71 heavy (non-hydrogen) atoms. The Kier molecular flexibility index (Phi) is 49.5. The maximum atomic E-state index is 13.0. The monoisotopic (exact) mass is 1010 g/mol. The highest BCUT2D eigenvalue weighted by molar-refractivity contribution is 7.47. The van der Waals surface area contributed by atoms with Gasteiger partial charge in [-0.25, -0.2) is 4.57 Å². The summed E-state index contributed by atoms with van der Waals surface area (Å²) >= 11 is 0. The third-order valence-electron chi connectivity index (χ3n) is 11.9. The number of carbonyl (C=O) groups excluding carboxylic acids is 1. The summed E-state index contributed by atoms with van der Waals surface area (Å²) in [6.07, 6.45) is 77.2. The van der Waals surface area contributed by atoms with Gasteiger partial charge in [-0.3, -0.25) is 13.8 Å². The summed E-state index contributed by atoms with van der Waals surface area (Å²) < 4.78 is 23.7. The fourth-order valence-corrected chi connectivity index (χ4v) is 8.20. The van der Waals surface area contributed by atoms with Crippen molar-refractivity contribution < 1.29 is 32.9 Å². The summed E-state index contributed by atoms with van der Waals surface area (Å²) in [5.74, 6) is -0.203. The number of quaternary nitrogens is 1. The van der Waals surface area contributed by atoms with Gasteiger partial charge < -0.3 is 19.8 Å². The van der Waals surface area contributed by atoms with Gasteiger partial charge >= 0.3 is 7.82 Å². The number of aliphatic hydroxyl groups is 1. The molecule has 0 aliphatic carbocycles. The highest BCUT2D eigenvalue weighted by atomic mass is 31.2. The van der Waals surface area contributed by atoms with E-state index in [4.69, 9.17) is 9.05 Å². The number of phosphoric ester groups is 1. The van der Waals surface area contributed by atoms with Crippen LogP contribution in [0.4, 0.5) is 0 Å². The Balaban J connectivity index is 4.29. The average Bonchev–Trinajstić information content (AvgIpc) is 3.33. The maximum Gasteiger partial charge on any atom is 0.472 e. The topological polar surface area (TPSA) is 105 Å². The maximum absolute atomic E-state index is 13.0. The molecule has 3 N–H and O–H groups in total. The Morgan fingerprint density at radius 3 is 1.30 bits per heavy atom. The molecule has 0 bridgehead atoms. The SMILES string of the molecule is CC/C=C\C/C=C\C/C=C\C/C=C\C/C=C\C/C=C\C/C=C\CCCCCCCCCCCC(=O)NC(COP(=O)(O)OCC[N+](C)(C)C)C(O)/C=C/CC/C=C/CC/C=C/CCCCCCCCCC. The third kappa shape index (κ3) is 54.5. The van der Waals surface area contributed by atoms with Crippen molar-refractivity contribution in [2.45, 2.75) is 225 Å². The van der Waals surface area contributed by atoms with E-state index in [0.29, 0.717) is 17.4 Å². The van der Waals surface area contributed by atoms with E-state index in [1.807, 2.05) is 27.2 Å². The van der Waals surface area contributed by atoms with E-state index in [1.54, 1.807) is 6.08 Å². The number of unbranched alkanes of at least 4 members (excludes halogenated alkanes) is 19. The molecule has 0 aromatic heterocycles. The van der Waals surface area contributed by atoms with Crippen LogP contribution in [0.1, 0.15) is 213 Å². The van der Waals surface area contributed by atoms with Gasteiger partial charge in [0.1, 0.15) is 13.2 Å². The average molecular weight is 1010 g/mol. The van der Waals surface area contributed by atoms with Crippen LogP contribution in [0.25, 0.3) is 0 Å². The van der Waals surface area contributed by atoms with E-state index >= 15 is 0 Å². The number of carbonyl (C=O) groups is 1. The summed E-state index contributed by atoms with van der Waals surface area (Å²) in [6.45, 7) is 4.65. The van der Waals surface area contributed by atoms with Crippen molar-refractivity contribution in [3.8, 4) is 0 Å². The molecule has 0 saturated heterocycles. The Bertz CT molecular complexity index is 1560. The zero-order valence-electron chi connectivity index (χ0n) is 46.2. The van der Waals surface area contributed by atoms with Crippen molar-refractivity contribution in [3.63, 3.8) is 0 Å². The predicted molar refractivity (Wildman–Crippen MR) is 308 cm³/mol. The normalized spacial score (nSPS) is 14.9. The third-order valence-corrected chi connectivity index (χ3v) is 12.9. The molecule has 0 aromatic carbocycles. The Hall–Kier alpha value is -3.10. The lowest BCUT2D eigenvalue weighted by Gasteiger charge is -2.25. The number of phosphoric acid groups is 1. The molecular weight excluding hydrogens is 900 g/mol. The standard InChI is InChI=1S/C62H107N2O6P/c1-6-8-10-12-14-16-18-20-22-24-26-27-28-29-30-31-32-33-34-35-36-37-38-40-42-44-46-48-50-52-54-56-62(66)63-60(59-70-71(67,68)69-58-57-64(3,4)5)61(65)55-53-51-49-47-45-43-41-39-25-23-21-19-17-15-13-11-9-7-2/h8,10,14,16,20,22,25-27,29-30,32-33,35-36,39,45,47,53,55,60-61,65H,6-7,9,11-13,15,17-19,21,23-24,28,31,34,37-38,40-44,46,48-52,54,56-59H2,1-5H3,(H-,63,66,67,68)/p+1/b10-8-,16-14-,22-20-,27-26-,30-29-,33-32-,36-35-,39-25+,47-45+,55-53+. The van der Waals surface area contributed by atoms with Crippen molar-refractivity contribution >= 4 is 13.7 Å². The van der Waals surface area contributed by atoms with E-state index in [-0.39, 0.29) is 19.1 Å². The largest absolute Gasteiger partial charge is 0.472 e. The van der Waals surface area contributed by atoms with Crippen LogP contribution in [0.2, 0.25) is 0 Å². The molecule has 8 nitrogen and oxygen atoms in total. The lowest BCUT2D eigenvalue weighted by Crippen LogP contribution is -2.45. The lowest BCUT2D eigenvalue weighted by atomic mass is 10.1. The first-order chi connectivity index (χ1) is 34.5. The van der Waals surface area contributed by atoms with Crippen LogP contribution in [-0.4, -0.2) is 73.4 Å². The van der Waals surface area contributed by atoms with Gasteiger partial charge in [0.2, 0.25) is 5.91 Å². The summed E-state index contributed by atoms with van der Waals surface area (Å²) in [7, 11) is 1.52. The minimum atomic E-state index is -4.37. The fourth-order valence-electron chi connectivity index (χ4n) is 7.46. The van der Waals surface area contributed by atoms with E-state index in [2.05, 4.69) is 129 Å². The molecule has 0 aromatic rings. The summed E-state index contributed by atoms with van der Waals surface area (Å²) in [5.41, 5.74) is 0. The number of allylic oxidation sites excluding steroid dienone is 19. The van der Waals surface area contributed by atoms with E-state index in [1.165, 1.54) is 96.3 Å². The van der Waals surface area contributed by atoms with Gasteiger partial charge in [-0.05, 0) is 103 Å². The van der Waals surface area contributed by atoms with Crippen LogP contribution in [0.15, 0.2) is 122 Å². The Morgan fingerprint density at radius 1 is 0.493 bits per heavy atom. The summed E-state index contributed by atoms with van der Waals surface area (Å²) in [5, 5.41) is 13.9. The quantitative estimate of drug-likeness (QED) is 0.0243. The van der Waals surface area contributed by atoms with Gasteiger partial charge in [0.25, 0.3) is 0 Å². The van der Waals surface area contributed by atoms with Gasteiger partial charge in [0, 0.05) is 6.42 Å². The molecule has 406 valence electrons. The fraction of sp³-hybridized carbons (Fsp3) is 0.661. The van der Waals surface area contributed by atoms with Crippen molar-refractivity contribution in [1.29, 1.82) is 0 Å². The van der Waals surface area contributed by atoms with Crippen molar-refractivity contribution in [2.75, 3.05) is 40.9 Å². The highest BCUT2D eigenvalue weighted by Gasteiger charge is 2.27. The minimum Gasteiger partial charge on any atom is -0.387 e. The molecule has 0 saturated carbocycles. The van der Waals surface area contributed by atoms with Gasteiger partial charge in [0.05, 0.1) is 39.9 Å². The minimum absolute atomic E-state index is 0.0459. The van der Waals surface area contributed by atoms with Crippen LogP contribution in [0.3, 0.4) is 0 Å². The van der Waals surface area contributed by atoms with Crippen LogP contribution >= 0.6 is 7.82 Å². The molecule has 0 spiro atoms. The number of hydrogen-bond acceptors (Lipinski definition) is 5. The molecule has 0 heterocycles. The molecule has 0 radical (unpaired) electrons. The molecule has 3 unspecified atom stereocenters. The molecule has 0 aliphatic rings. The molecule has 3 atom stereocenters. The van der Waals surface area contributed by atoms with Crippen LogP contribution in [0, 0.1) is 0 Å². The van der Waals surface area contributed by atoms with E-state index in [9.17, 15) is 19.4 Å². The molecule has 0 fully saturated rings. The van der Waals surface area contributed by atoms with Gasteiger partial charge in [-0.2, -0.15) is 0 Å². The zero-order valence-corrected chi connectivity index (χ0v) is 47.1. The van der Waals surface area contributed by atoms with Gasteiger partial charge in [-0.15, -0.1) is 0 Å². The first kappa shape index (κ1) is 67.9. The second kappa shape index (κ2) is 51.8. The zero-order chi connectivity index (χ0) is 52.0. The van der Waals surface area contributed by atoms with Crippen molar-refractivity contribution in [2.24, 2.45) is 0 Å². The number of amides is 1. The number of likely N-dealkylation sites (N-methyl/N-ethyl adjacent to an activating group) is 1. The van der Waals surface area contributed by atoms with Gasteiger partial charge in [0.15, 0.2) is 0 Å². The first-order valence-corrected chi connectivity index (χ1v) is 29.9. The van der Waals surface area contributed by atoms with Crippen molar-refractivity contribution in [3.05, 3.63) is 122 Å². The van der Waals surface area contributed by atoms with Crippen LogP contribution in [0.5, 0.6) is 0 Å². The number of aliphatic hydroxyl groups excluding tert-OH is 1. The lowest BCUT2D eigenvalue weighted by molar-refractivity contribution is -0.870. The number of hydrogen-bond donors (Lipinski definition) is 3. The first-order valence-electron chi connectivity index (χ1n) is 28.4. The molecule has 1 amide bonds. The molecular formula is C62H108N2O6P+. The Labute approximate surface area is 437 Å². The molecule has 9 heteroatoms. The second-order valence-electron chi connectivity index (χ2n) is 19.9. The second-order valence-corrected chi connectivity index (χ2v) is 21.4. The van der Waals surface area contributed by atoms with Gasteiger partial charge in [-0.1, -0.05) is 225 Å². The highest BCUT2D eigenvalue weighted by Crippen LogP contribution is 2.43. The van der Waals surface area contributed by atoms with E-state index < -0.39 is 20.0 Å². The number of rotatable bonds is 50. The van der Waals surface area contributed by atoms with Crippen LogP contribution in [-0.2, 0) is 18.4 Å². The Morgan fingerprint density at radius 2 is 0.859 bits per heavy atom. The van der Waals surface area contributed by atoms with Crippen LogP contribution < -0.4 is 5.32 Å². The summed E-state index contributed by atoms with van der Waals surface area (Å²) in [6, 6.07) is -0.882.